The summed E-state index contributed by atoms with van der Waals surface area (Å²) in [5.41, 5.74) is 0. The van der Waals surface area contributed by atoms with E-state index in [1.54, 1.807) is 0 Å². The first kappa shape index (κ1) is 11.9. The molecule has 1 saturated heterocycles. The van der Waals surface area contributed by atoms with E-state index in [0.717, 1.165) is 19.4 Å². The van der Waals surface area contributed by atoms with E-state index >= 15 is 0 Å². The highest BCUT2D eigenvalue weighted by atomic mass is 16.2. The molecule has 0 bridgehead atoms. The fourth-order valence-corrected chi connectivity index (χ4v) is 2.99. The molecule has 0 spiro atoms. The Labute approximate surface area is 98.4 Å². The third kappa shape index (κ3) is 2.97. The fourth-order valence-electron chi connectivity index (χ4n) is 2.99. The van der Waals surface area contributed by atoms with Crippen LogP contribution < -0.4 is 10.6 Å². The normalized spacial score (nSPS) is 28.9. The summed E-state index contributed by atoms with van der Waals surface area (Å²) in [6.07, 6.45) is 8.78. The second-order valence-corrected chi connectivity index (χ2v) is 5.34. The Morgan fingerprint density at radius 3 is 2.56 bits per heavy atom. The zero-order valence-corrected chi connectivity index (χ0v) is 10.3. The Morgan fingerprint density at radius 1 is 1.19 bits per heavy atom. The van der Waals surface area contributed by atoms with Crippen LogP contribution in [0.15, 0.2) is 0 Å². The number of carbonyl (C=O) groups is 1. The molecular weight excluding hydrogens is 200 g/mol. The van der Waals surface area contributed by atoms with Crippen molar-refractivity contribution in [3.05, 3.63) is 0 Å². The van der Waals surface area contributed by atoms with E-state index in [2.05, 4.69) is 17.6 Å². The molecule has 0 aromatic heterocycles. The van der Waals surface area contributed by atoms with Gasteiger partial charge in [0.2, 0.25) is 5.91 Å². The van der Waals surface area contributed by atoms with Gasteiger partial charge in [-0.1, -0.05) is 19.3 Å². The van der Waals surface area contributed by atoms with E-state index in [1.807, 2.05) is 0 Å². The lowest BCUT2D eigenvalue weighted by atomic mass is 9.84. The summed E-state index contributed by atoms with van der Waals surface area (Å²) in [6.45, 7) is 3.17. The molecule has 1 heterocycles. The van der Waals surface area contributed by atoms with Gasteiger partial charge in [-0.15, -0.1) is 0 Å². The number of carbonyl (C=O) groups excluding carboxylic acids is 1. The minimum Gasteiger partial charge on any atom is -0.352 e. The molecule has 0 aromatic rings. The molecule has 1 saturated carbocycles. The largest absolute Gasteiger partial charge is 0.352 e. The number of nitrogens with one attached hydrogen (secondary N) is 2. The molecule has 3 heteroatoms. The van der Waals surface area contributed by atoms with Gasteiger partial charge in [0.05, 0.1) is 6.04 Å². The second kappa shape index (κ2) is 5.67. The number of hydrogen-bond acceptors (Lipinski definition) is 2. The number of hydrogen-bond donors (Lipinski definition) is 2. The maximum atomic E-state index is 11.9. The standard InChI is InChI=1S/C13H24N2O/c1-10(11-6-3-2-4-7-11)15-13(16)12-8-5-9-14-12/h10-12,14H,2-9H2,1H3,(H,15,16)/t10?,12-/m1/s1. The molecule has 16 heavy (non-hydrogen) atoms. The van der Waals surface area contributed by atoms with E-state index in [1.165, 1.54) is 32.1 Å². The summed E-state index contributed by atoms with van der Waals surface area (Å²) < 4.78 is 0. The van der Waals surface area contributed by atoms with Crippen LogP contribution in [0.25, 0.3) is 0 Å². The maximum Gasteiger partial charge on any atom is 0.237 e. The molecule has 1 aliphatic carbocycles. The molecular formula is C13H24N2O. The van der Waals surface area contributed by atoms with Gasteiger partial charge in [-0.25, -0.2) is 0 Å². The van der Waals surface area contributed by atoms with Gasteiger partial charge < -0.3 is 10.6 Å². The molecule has 2 atom stereocenters. The van der Waals surface area contributed by atoms with Crippen LogP contribution in [0.1, 0.15) is 51.9 Å². The second-order valence-electron chi connectivity index (χ2n) is 5.34. The first-order chi connectivity index (χ1) is 7.77. The van der Waals surface area contributed by atoms with Crippen molar-refractivity contribution in [2.75, 3.05) is 6.54 Å². The number of rotatable bonds is 3. The van der Waals surface area contributed by atoms with E-state index in [4.69, 9.17) is 0 Å². The van der Waals surface area contributed by atoms with Gasteiger partial charge in [-0.3, -0.25) is 4.79 Å². The molecule has 2 aliphatic rings. The highest BCUT2D eigenvalue weighted by Crippen LogP contribution is 2.26. The van der Waals surface area contributed by atoms with Crippen LogP contribution in [-0.2, 0) is 4.79 Å². The van der Waals surface area contributed by atoms with Gasteiger partial charge in [0.25, 0.3) is 0 Å². The first-order valence-corrected chi connectivity index (χ1v) is 6.81. The predicted molar refractivity (Wildman–Crippen MR) is 65.2 cm³/mol. The van der Waals surface area contributed by atoms with Crippen molar-refractivity contribution in [1.29, 1.82) is 0 Å². The Balaban J connectivity index is 1.76. The van der Waals surface area contributed by atoms with Gasteiger partial charge in [0.1, 0.15) is 0 Å². The van der Waals surface area contributed by atoms with Crippen LogP contribution in [0.4, 0.5) is 0 Å². The van der Waals surface area contributed by atoms with Crippen molar-refractivity contribution in [2.45, 2.75) is 64.0 Å². The van der Waals surface area contributed by atoms with Crippen LogP contribution in [0.3, 0.4) is 0 Å². The quantitative estimate of drug-likeness (QED) is 0.768. The molecule has 3 nitrogen and oxygen atoms in total. The van der Waals surface area contributed by atoms with Gasteiger partial charge in [0.15, 0.2) is 0 Å². The summed E-state index contributed by atoms with van der Waals surface area (Å²) in [7, 11) is 0. The minimum atomic E-state index is 0.0750. The van der Waals surface area contributed by atoms with Gasteiger partial charge >= 0.3 is 0 Å². The van der Waals surface area contributed by atoms with E-state index < -0.39 is 0 Å². The van der Waals surface area contributed by atoms with Crippen LogP contribution in [0.2, 0.25) is 0 Å². The number of amides is 1. The Bertz CT molecular complexity index is 230. The average Bonchev–Trinajstić information content (AvgIpc) is 2.83. The monoisotopic (exact) mass is 224 g/mol. The lowest BCUT2D eigenvalue weighted by Crippen LogP contribution is -2.46. The zero-order valence-electron chi connectivity index (χ0n) is 10.3. The van der Waals surface area contributed by atoms with E-state index in [9.17, 15) is 4.79 Å². The molecule has 92 valence electrons. The van der Waals surface area contributed by atoms with Gasteiger partial charge in [-0.05, 0) is 45.1 Å². The van der Waals surface area contributed by atoms with Crippen molar-refractivity contribution < 1.29 is 4.79 Å². The molecule has 2 N–H and O–H groups in total. The summed E-state index contributed by atoms with van der Waals surface area (Å²) in [4.78, 5) is 11.9. The SMILES string of the molecule is CC(NC(=O)[C@H]1CCCN1)C1CCCCC1. The Kier molecular flexibility index (Phi) is 4.22. The summed E-state index contributed by atoms with van der Waals surface area (Å²) in [5.74, 6) is 0.926. The Morgan fingerprint density at radius 2 is 1.94 bits per heavy atom. The van der Waals surface area contributed by atoms with E-state index in [-0.39, 0.29) is 11.9 Å². The summed E-state index contributed by atoms with van der Waals surface area (Å²) in [6, 6.07) is 0.432. The van der Waals surface area contributed by atoms with Crippen molar-refractivity contribution in [1.82, 2.24) is 10.6 Å². The van der Waals surface area contributed by atoms with Gasteiger partial charge in [-0.2, -0.15) is 0 Å². The van der Waals surface area contributed by atoms with Crippen LogP contribution in [0, 0.1) is 5.92 Å². The van der Waals surface area contributed by atoms with Crippen LogP contribution in [0.5, 0.6) is 0 Å². The molecule has 1 amide bonds. The fraction of sp³-hybridized carbons (Fsp3) is 0.923. The van der Waals surface area contributed by atoms with Crippen molar-refractivity contribution in [3.63, 3.8) is 0 Å². The van der Waals surface area contributed by atoms with Crippen LogP contribution >= 0.6 is 0 Å². The molecule has 1 unspecified atom stereocenters. The van der Waals surface area contributed by atoms with Crippen LogP contribution in [-0.4, -0.2) is 24.5 Å². The van der Waals surface area contributed by atoms with E-state index in [0.29, 0.717) is 12.0 Å². The van der Waals surface area contributed by atoms with Crippen molar-refractivity contribution in [3.8, 4) is 0 Å². The highest BCUT2D eigenvalue weighted by molar-refractivity contribution is 5.82. The van der Waals surface area contributed by atoms with Crippen molar-refractivity contribution in [2.24, 2.45) is 5.92 Å². The average molecular weight is 224 g/mol. The highest BCUT2D eigenvalue weighted by Gasteiger charge is 2.26. The topological polar surface area (TPSA) is 41.1 Å². The third-order valence-corrected chi connectivity index (χ3v) is 4.10. The molecule has 2 fully saturated rings. The maximum absolute atomic E-state index is 11.9. The molecule has 0 radical (unpaired) electrons. The predicted octanol–water partition coefficient (Wildman–Crippen LogP) is 1.82. The van der Waals surface area contributed by atoms with Crippen molar-refractivity contribution >= 4 is 5.91 Å². The molecule has 0 aromatic carbocycles. The lowest BCUT2D eigenvalue weighted by Gasteiger charge is -2.29. The third-order valence-electron chi connectivity index (χ3n) is 4.10. The lowest BCUT2D eigenvalue weighted by molar-refractivity contribution is -0.123. The Hall–Kier alpha value is -0.570. The smallest absolute Gasteiger partial charge is 0.237 e. The first-order valence-electron chi connectivity index (χ1n) is 6.81. The minimum absolute atomic E-state index is 0.0750. The molecule has 2 rings (SSSR count). The zero-order chi connectivity index (χ0) is 11.4. The summed E-state index contributed by atoms with van der Waals surface area (Å²) >= 11 is 0. The molecule has 1 aliphatic heterocycles. The van der Waals surface area contributed by atoms with Gasteiger partial charge in [0, 0.05) is 6.04 Å². The summed E-state index contributed by atoms with van der Waals surface area (Å²) in [5, 5.41) is 6.44.